The first-order chi connectivity index (χ1) is 9.40. The van der Waals surface area contributed by atoms with Crippen molar-refractivity contribution in [3.8, 4) is 0 Å². The molecular formula is C14H20BrNO3S. The summed E-state index contributed by atoms with van der Waals surface area (Å²) < 4.78 is 34.0. The molecule has 0 spiro atoms. The van der Waals surface area contributed by atoms with Crippen LogP contribution in [0.25, 0.3) is 0 Å². The molecule has 1 aliphatic heterocycles. The Labute approximate surface area is 129 Å². The van der Waals surface area contributed by atoms with E-state index < -0.39 is 10.0 Å². The summed E-state index contributed by atoms with van der Waals surface area (Å²) in [5, 5.41) is 0. The quantitative estimate of drug-likeness (QED) is 0.896. The van der Waals surface area contributed by atoms with E-state index in [9.17, 15) is 8.42 Å². The van der Waals surface area contributed by atoms with Gasteiger partial charge in [-0.1, -0.05) is 35.8 Å². The van der Waals surface area contributed by atoms with Gasteiger partial charge in [0, 0.05) is 23.7 Å². The Bertz CT molecular complexity index is 566. The SMILES string of the molecule is CC(C)c1ccc(Br)cc1S(=O)(=O)NC1CCOCC1. The minimum Gasteiger partial charge on any atom is -0.381 e. The van der Waals surface area contributed by atoms with Crippen LogP contribution in [-0.4, -0.2) is 27.7 Å². The summed E-state index contributed by atoms with van der Waals surface area (Å²) in [6.07, 6.45) is 1.45. The highest BCUT2D eigenvalue weighted by molar-refractivity contribution is 9.10. The molecule has 0 radical (unpaired) electrons. The minimum atomic E-state index is -3.49. The lowest BCUT2D eigenvalue weighted by atomic mass is 10.0. The maximum absolute atomic E-state index is 12.6. The number of halogens is 1. The highest BCUT2D eigenvalue weighted by atomic mass is 79.9. The van der Waals surface area contributed by atoms with E-state index in [1.807, 2.05) is 26.0 Å². The maximum atomic E-state index is 12.6. The molecule has 1 aromatic rings. The van der Waals surface area contributed by atoms with E-state index >= 15 is 0 Å². The summed E-state index contributed by atoms with van der Waals surface area (Å²) in [7, 11) is -3.49. The van der Waals surface area contributed by atoms with Gasteiger partial charge in [-0.05, 0) is 36.5 Å². The summed E-state index contributed by atoms with van der Waals surface area (Å²) in [5.74, 6) is 0.157. The van der Waals surface area contributed by atoms with Crippen molar-refractivity contribution in [2.24, 2.45) is 0 Å². The number of sulfonamides is 1. The smallest absolute Gasteiger partial charge is 0.241 e. The van der Waals surface area contributed by atoms with E-state index in [0.717, 1.165) is 22.9 Å². The molecule has 0 bridgehead atoms. The van der Waals surface area contributed by atoms with E-state index in [4.69, 9.17) is 4.74 Å². The average Bonchev–Trinajstić information content (AvgIpc) is 2.39. The van der Waals surface area contributed by atoms with Gasteiger partial charge < -0.3 is 4.74 Å². The molecule has 1 aliphatic rings. The zero-order valence-corrected chi connectivity index (χ0v) is 14.1. The molecule has 1 fully saturated rings. The molecule has 112 valence electrons. The molecule has 0 amide bonds. The van der Waals surface area contributed by atoms with Crippen LogP contribution in [0.4, 0.5) is 0 Å². The normalized spacial score (nSPS) is 17.6. The topological polar surface area (TPSA) is 55.4 Å². The average molecular weight is 362 g/mol. The van der Waals surface area contributed by atoms with Crippen LogP contribution in [0.2, 0.25) is 0 Å². The summed E-state index contributed by atoms with van der Waals surface area (Å²) in [4.78, 5) is 0.369. The molecular weight excluding hydrogens is 342 g/mol. The second-order valence-corrected chi connectivity index (χ2v) is 7.94. The Morgan fingerprint density at radius 2 is 1.95 bits per heavy atom. The molecule has 0 atom stereocenters. The summed E-state index contributed by atoms with van der Waals surface area (Å²) in [5.41, 5.74) is 0.841. The Morgan fingerprint density at radius 3 is 2.55 bits per heavy atom. The molecule has 1 N–H and O–H groups in total. The predicted molar refractivity (Wildman–Crippen MR) is 82.4 cm³/mol. The fourth-order valence-electron chi connectivity index (χ4n) is 2.32. The van der Waals surface area contributed by atoms with Crippen molar-refractivity contribution in [3.63, 3.8) is 0 Å². The molecule has 0 aliphatic carbocycles. The summed E-state index contributed by atoms with van der Waals surface area (Å²) in [6, 6.07) is 5.39. The van der Waals surface area contributed by atoms with Gasteiger partial charge in [0.25, 0.3) is 0 Å². The number of hydrogen-bond acceptors (Lipinski definition) is 3. The van der Waals surface area contributed by atoms with Crippen molar-refractivity contribution in [2.75, 3.05) is 13.2 Å². The number of rotatable bonds is 4. The van der Waals surface area contributed by atoms with E-state index in [0.29, 0.717) is 18.1 Å². The molecule has 1 saturated heterocycles. The fourth-order valence-corrected chi connectivity index (χ4v) is 4.53. The maximum Gasteiger partial charge on any atom is 0.241 e. The molecule has 0 saturated carbocycles. The van der Waals surface area contributed by atoms with Crippen molar-refractivity contribution in [1.29, 1.82) is 0 Å². The van der Waals surface area contributed by atoms with Gasteiger partial charge >= 0.3 is 0 Å². The van der Waals surface area contributed by atoms with Gasteiger partial charge in [-0.2, -0.15) is 0 Å². The van der Waals surface area contributed by atoms with Crippen LogP contribution in [0.1, 0.15) is 38.2 Å². The highest BCUT2D eigenvalue weighted by Gasteiger charge is 2.25. The Morgan fingerprint density at radius 1 is 1.30 bits per heavy atom. The Kier molecular flexibility index (Phi) is 5.23. The Hall–Kier alpha value is -0.430. The molecule has 0 aromatic heterocycles. The van der Waals surface area contributed by atoms with Crippen molar-refractivity contribution >= 4 is 26.0 Å². The van der Waals surface area contributed by atoms with Crippen LogP contribution in [0.15, 0.2) is 27.6 Å². The highest BCUT2D eigenvalue weighted by Crippen LogP contribution is 2.27. The zero-order chi connectivity index (χ0) is 14.8. The standard InChI is InChI=1S/C14H20BrNO3S/c1-10(2)13-4-3-11(15)9-14(13)20(17,18)16-12-5-7-19-8-6-12/h3-4,9-10,12,16H,5-8H2,1-2H3. The van der Waals surface area contributed by atoms with Gasteiger partial charge in [-0.3, -0.25) is 0 Å². The second-order valence-electron chi connectivity index (χ2n) is 5.34. The third-order valence-corrected chi connectivity index (χ3v) is 5.50. The molecule has 20 heavy (non-hydrogen) atoms. The van der Waals surface area contributed by atoms with Crippen LogP contribution in [0.3, 0.4) is 0 Å². The first-order valence-corrected chi connectivity index (χ1v) is 9.07. The predicted octanol–water partition coefficient (Wildman–Crippen LogP) is 3.03. The third-order valence-electron chi connectivity index (χ3n) is 3.43. The molecule has 4 nitrogen and oxygen atoms in total. The first kappa shape index (κ1) is 15.9. The van der Waals surface area contributed by atoms with Crippen molar-refractivity contribution in [3.05, 3.63) is 28.2 Å². The number of benzene rings is 1. The van der Waals surface area contributed by atoms with Gasteiger partial charge in [-0.25, -0.2) is 13.1 Å². The van der Waals surface area contributed by atoms with Crippen LogP contribution in [0, 0.1) is 0 Å². The number of ether oxygens (including phenoxy) is 1. The molecule has 1 heterocycles. The van der Waals surface area contributed by atoms with Crippen LogP contribution in [0.5, 0.6) is 0 Å². The van der Waals surface area contributed by atoms with E-state index in [1.54, 1.807) is 6.07 Å². The van der Waals surface area contributed by atoms with Gasteiger partial charge in [0.2, 0.25) is 10.0 Å². The largest absolute Gasteiger partial charge is 0.381 e. The lowest BCUT2D eigenvalue weighted by Gasteiger charge is -2.24. The van der Waals surface area contributed by atoms with Gasteiger partial charge in [-0.15, -0.1) is 0 Å². The lowest BCUT2D eigenvalue weighted by Crippen LogP contribution is -2.39. The van der Waals surface area contributed by atoms with E-state index in [2.05, 4.69) is 20.7 Å². The monoisotopic (exact) mass is 361 g/mol. The van der Waals surface area contributed by atoms with Crippen LogP contribution >= 0.6 is 15.9 Å². The van der Waals surface area contributed by atoms with Crippen LogP contribution < -0.4 is 4.72 Å². The van der Waals surface area contributed by atoms with Gasteiger partial charge in [0.15, 0.2) is 0 Å². The zero-order valence-electron chi connectivity index (χ0n) is 11.7. The first-order valence-electron chi connectivity index (χ1n) is 6.79. The molecule has 1 aromatic carbocycles. The van der Waals surface area contributed by atoms with E-state index in [1.165, 1.54) is 0 Å². The van der Waals surface area contributed by atoms with Crippen molar-refractivity contribution in [2.45, 2.75) is 43.5 Å². The molecule has 0 unspecified atom stereocenters. The lowest BCUT2D eigenvalue weighted by molar-refractivity contribution is 0.0832. The van der Waals surface area contributed by atoms with Gasteiger partial charge in [0.1, 0.15) is 0 Å². The third kappa shape index (κ3) is 3.81. The molecule has 2 rings (SSSR count). The van der Waals surface area contributed by atoms with Crippen molar-refractivity contribution in [1.82, 2.24) is 4.72 Å². The minimum absolute atomic E-state index is 0.0345. The van der Waals surface area contributed by atoms with Crippen LogP contribution in [-0.2, 0) is 14.8 Å². The Balaban J connectivity index is 2.30. The summed E-state index contributed by atoms with van der Waals surface area (Å²) in [6.45, 7) is 5.22. The van der Waals surface area contributed by atoms with Gasteiger partial charge in [0.05, 0.1) is 4.90 Å². The van der Waals surface area contributed by atoms with E-state index in [-0.39, 0.29) is 12.0 Å². The van der Waals surface area contributed by atoms with Crippen molar-refractivity contribution < 1.29 is 13.2 Å². The number of nitrogens with one attached hydrogen (secondary N) is 1. The fraction of sp³-hybridized carbons (Fsp3) is 0.571. The summed E-state index contributed by atoms with van der Waals surface area (Å²) >= 11 is 3.35. The molecule has 6 heteroatoms. The second kappa shape index (κ2) is 6.56. The number of hydrogen-bond donors (Lipinski definition) is 1.